The number of anilines is 2. The average molecular weight is 220 g/mol. The smallest absolute Gasteiger partial charge is 0.221 e. The molecule has 88 valence electrons. The molecule has 0 fully saturated rings. The molecule has 0 saturated carbocycles. The van der Waals surface area contributed by atoms with Gasteiger partial charge in [0, 0.05) is 24.8 Å². The minimum Gasteiger partial charge on any atom is -0.385 e. The molecule has 1 amide bonds. The summed E-state index contributed by atoms with van der Waals surface area (Å²) in [5.41, 5.74) is 1.93. The number of carbonyl (C=O) groups is 1. The molecule has 1 rings (SSSR count). The molecule has 2 N–H and O–H groups in total. The van der Waals surface area contributed by atoms with Crippen LogP contribution < -0.4 is 10.6 Å². The van der Waals surface area contributed by atoms with Gasteiger partial charge in [-0.05, 0) is 36.6 Å². The van der Waals surface area contributed by atoms with E-state index in [-0.39, 0.29) is 5.91 Å². The van der Waals surface area contributed by atoms with Crippen LogP contribution in [0.1, 0.15) is 27.2 Å². The Bertz CT molecular complexity index is 330. The fourth-order valence-electron chi connectivity index (χ4n) is 1.38. The maximum absolute atomic E-state index is 10.8. The molecule has 0 heterocycles. The van der Waals surface area contributed by atoms with Gasteiger partial charge in [-0.1, -0.05) is 13.8 Å². The summed E-state index contributed by atoms with van der Waals surface area (Å²) in [5.74, 6) is 0.673. The van der Waals surface area contributed by atoms with Gasteiger partial charge in [-0.25, -0.2) is 0 Å². The third-order valence-corrected chi connectivity index (χ3v) is 2.26. The Hall–Kier alpha value is -1.51. The monoisotopic (exact) mass is 220 g/mol. The van der Waals surface area contributed by atoms with E-state index in [0.717, 1.165) is 24.3 Å². The maximum atomic E-state index is 10.8. The Labute approximate surface area is 97.2 Å². The van der Waals surface area contributed by atoms with Crippen molar-refractivity contribution < 1.29 is 4.79 Å². The summed E-state index contributed by atoms with van der Waals surface area (Å²) in [6.07, 6.45) is 1.16. The van der Waals surface area contributed by atoms with Gasteiger partial charge < -0.3 is 10.6 Å². The van der Waals surface area contributed by atoms with E-state index in [9.17, 15) is 4.79 Å². The molecule has 3 nitrogen and oxygen atoms in total. The van der Waals surface area contributed by atoms with Gasteiger partial charge in [-0.3, -0.25) is 4.79 Å². The lowest BCUT2D eigenvalue weighted by Gasteiger charge is -2.09. The number of benzene rings is 1. The molecule has 0 radical (unpaired) electrons. The van der Waals surface area contributed by atoms with Gasteiger partial charge in [0.1, 0.15) is 0 Å². The molecule has 0 atom stereocenters. The van der Waals surface area contributed by atoms with Gasteiger partial charge in [-0.15, -0.1) is 0 Å². The molecule has 0 bridgehead atoms. The molecule has 3 heteroatoms. The van der Waals surface area contributed by atoms with Crippen LogP contribution in [0.4, 0.5) is 11.4 Å². The normalized spacial score (nSPS) is 10.2. The number of amides is 1. The molecule has 0 unspecified atom stereocenters. The molecule has 0 spiro atoms. The largest absolute Gasteiger partial charge is 0.385 e. The van der Waals surface area contributed by atoms with Crippen molar-refractivity contribution in [1.29, 1.82) is 0 Å². The zero-order valence-corrected chi connectivity index (χ0v) is 10.2. The van der Waals surface area contributed by atoms with Gasteiger partial charge >= 0.3 is 0 Å². The maximum Gasteiger partial charge on any atom is 0.221 e. The number of hydrogen-bond acceptors (Lipinski definition) is 2. The fourth-order valence-corrected chi connectivity index (χ4v) is 1.38. The van der Waals surface area contributed by atoms with E-state index in [1.54, 1.807) is 0 Å². The highest BCUT2D eigenvalue weighted by atomic mass is 16.1. The number of nitrogens with one attached hydrogen (secondary N) is 2. The molecule has 1 aromatic carbocycles. The average Bonchev–Trinajstić information content (AvgIpc) is 2.19. The molecule has 0 aliphatic rings. The van der Waals surface area contributed by atoms with Crippen LogP contribution in [0.15, 0.2) is 24.3 Å². The van der Waals surface area contributed by atoms with Gasteiger partial charge in [0.15, 0.2) is 0 Å². The number of hydrogen-bond donors (Lipinski definition) is 2. The summed E-state index contributed by atoms with van der Waals surface area (Å²) >= 11 is 0. The van der Waals surface area contributed by atoms with Crippen LogP contribution in [0.5, 0.6) is 0 Å². The van der Waals surface area contributed by atoms with Crippen molar-refractivity contribution in [3.05, 3.63) is 24.3 Å². The van der Waals surface area contributed by atoms with Gasteiger partial charge in [0.2, 0.25) is 5.91 Å². The lowest BCUT2D eigenvalue weighted by molar-refractivity contribution is -0.114. The topological polar surface area (TPSA) is 41.1 Å². The molecular formula is C13H20N2O. The van der Waals surface area contributed by atoms with E-state index >= 15 is 0 Å². The Morgan fingerprint density at radius 1 is 1.19 bits per heavy atom. The first kappa shape index (κ1) is 12.6. The second-order valence-corrected chi connectivity index (χ2v) is 4.37. The first-order valence-corrected chi connectivity index (χ1v) is 5.69. The minimum atomic E-state index is -0.0412. The van der Waals surface area contributed by atoms with E-state index < -0.39 is 0 Å². The van der Waals surface area contributed by atoms with E-state index in [0.29, 0.717) is 5.92 Å². The van der Waals surface area contributed by atoms with E-state index in [4.69, 9.17) is 0 Å². The first-order valence-electron chi connectivity index (χ1n) is 5.69. The summed E-state index contributed by atoms with van der Waals surface area (Å²) in [5, 5.41) is 6.08. The van der Waals surface area contributed by atoms with Crippen LogP contribution in [-0.2, 0) is 4.79 Å². The van der Waals surface area contributed by atoms with Crippen molar-refractivity contribution in [2.45, 2.75) is 27.2 Å². The minimum absolute atomic E-state index is 0.0412. The van der Waals surface area contributed by atoms with Gasteiger partial charge in [-0.2, -0.15) is 0 Å². The molecule has 0 saturated heterocycles. The summed E-state index contributed by atoms with van der Waals surface area (Å²) in [7, 11) is 0. The SMILES string of the molecule is CC(=O)Nc1ccc(NCCC(C)C)cc1. The molecular weight excluding hydrogens is 200 g/mol. The highest BCUT2D eigenvalue weighted by molar-refractivity contribution is 5.88. The molecule has 16 heavy (non-hydrogen) atoms. The van der Waals surface area contributed by atoms with Crippen LogP contribution >= 0.6 is 0 Å². The van der Waals surface area contributed by atoms with Crippen LogP contribution in [0.3, 0.4) is 0 Å². The Kier molecular flexibility index (Phi) is 4.83. The van der Waals surface area contributed by atoms with Crippen LogP contribution in [-0.4, -0.2) is 12.5 Å². The van der Waals surface area contributed by atoms with Crippen LogP contribution in [0.25, 0.3) is 0 Å². The molecule has 0 aromatic heterocycles. The standard InChI is InChI=1S/C13H20N2O/c1-10(2)8-9-14-12-4-6-13(7-5-12)15-11(3)16/h4-7,10,14H,8-9H2,1-3H3,(H,15,16). The predicted octanol–water partition coefficient (Wildman–Crippen LogP) is 3.10. The highest BCUT2D eigenvalue weighted by Gasteiger charge is 1.97. The van der Waals surface area contributed by atoms with Gasteiger partial charge in [0.05, 0.1) is 0 Å². The van der Waals surface area contributed by atoms with E-state index in [1.165, 1.54) is 6.92 Å². The summed E-state index contributed by atoms with van der Waals surface area (Å²) in [4.78, 5) is 10.8. The third kappa shape index (κ3) is 4.82. The summed E-state index contributed by atoms with van der Waals surface area (Å²) in [6, 6.07) is 7.76. The molecule has 0 aliphatic heterocycles. The van der Waals surface area contributed by atoms with Crippen molar-refractivity contribution in [2.24, 2.45) is 5.92 Å². The quantitative estimate of drug-likeness (QED) is 0.800. The van der Waals surface area contributed by atoms with Crippen LogP contribution in [0, 0.1) is 5.92 Å². The Morgan fingerprint density at radius 2 is 1.75 bits per heavy atom. The second-order valence-electron chi connectivity index (χ2n) is 4.37. The second kappa shape index (κ2) is 6.16. The Morgan fingerprint density at radius 3 is 2.25 bits per heavy atom. The first-order chi connectivity index (χ1) is 7.58. The highest BCUT2D eigenvalue weighted by Crippen LogP contribution is 2.13. The zero-order valence-electron chi connectivity index (χ0n) is 10.2. The lowest BCUT2D eigenvalue weighted by Crippen LogP contribution is -2.06. The van der Waals surface area contributed by atoms with Crippen molar-refractivity contribution in [3.8, 4) is 0 Å². The fraction of sp³-hybridized carbons (Fsp3) is 0.462. The van der Waals surface area contributed by atoms with Crippen molar-refractivity contribution in [3.63, 3.8) is 0 Å². The zero-order chi connectivity index (χ0) is 12.0. The van der Waals surface area contributed by atoms with E-state index in [1.807, 2.05) is 24.3 Å². The summed E-state index contributed by atoms with van der Waals surface area (Å²) < 4.78 is 0. The van der Waals surface area contributed by atoms with Crippen molar-refractivity contribution in [1.82, 2.24) is 0 Å². The predicted molar refractivity (Wildman–Crippen MR) is 68.7 cm³/mol. The van der Waals surface area contributed by atoms with Gasteiger partial charge in [0.25, 0.3) is 0 Å². The third-order valence-electron chi connectivity index (χ3n) is 2.26. The Balaban J connectivity index is 2.42. The molecule has 1 aromatic rings. The molecule has 0 aliphatic carbocycles. The number of rotatable bonds is 5. The van der Waals surface area contributed by atoms with E-state index in [2.05, 4.69) is 24.5 Å². The summed E-state index contributed by atoms with van der Waals surface area (Å²) in [6.45, 7) is 6.91. The number of carbonyl (C=O) groups excluding carboxylic acids is 1. The van der Waals surface area contributed by atoms with Crippen molar-refractivity contribution >= 4 is 17.3 Å². The lowest BCUT2D eigenvalue weighted by atomic mass is 10.1. The van der Waals surface area contributed by atoms with Crippen LogP contribution in [0.2, 0.25) is 0 Å². The van der Waals surface area contributed by atoms with Crippen molar-refractivity contribution in [2.75, 3.05) is 17.2 Å².